The van der Waals surface area contributed by atoms with Gasteiger partial charge in [0.15, 0.2) is 0 Å². The van der Waals surface area contributed by atoms with Crippen molar-refractivity contribution in [3.63, 3.8) is 0 Å². The molecule has 0 saturated heterocycles. The first-order valence-electron chi connectivity index (χ1n) is 5.78. The third kappa shape index (κ3) is 1.57. The van der Waals surface area contributed by atoms with Gasteiger partial charge in [-0.15, -0.1) is 0 Å². The summed E-state index contributed by atoms with van der Waals surface area (Å²) < 4.78 is 5.19. The van der Waals surface area contributed by atoms with Crippen LogP contribution in [0.25, 0.3) is 11.1 Å². The van der Waals surface area contributed by atoms with E-state index in [1.54, 1.807) is 13.2 Å². The zero-order chi connectivity index (χ0) is 11.8. The van der Waals surface area contributed by atoms with E-state index in [1.807, 2.05) is 18.2 Å². The van der Waals surface area contributed by atoms with Gasteiger partial charge in [0.25, 0.3) is 0 Å². The fourth-order valence-electron chi connectivity index (χ4n) is 2.53. The Kier molecular flexibility index (Phi) is 2.29. The van der Waals surface area contributed by atoms with Crippen LogP contribution in [0.15, 0.2) is 36.4 Å². The molecule has 0 spiro atoms. The highest BCUT2D eigenvalue weighted by Gasteiger charge is 2.19. The van der Waals surface area contributed by atoms with E-state index in [2.05, 4.69) is 12.1 Å². The highest BCUT2D eigenvalue weighted by atomic mass is 16.5. The minimum absolute atomic E-state index is 0.312. The van der Waals surface area contributed by atoms with Crippen molar-refractivity contribution >= 4 is 0 Å². The predicted molar refractivity (Wildman–Crippen MR) is 67.5 cm³/mol. The maximum Gasteiger partial charge on any atom is 0.127 e. The normalized spacial score (nSPS) is 12.8. The third-order valence-corrected chi connectivity index (χ3v) is 3.36. The molecule has 86 valence electrons. The zero-order valence-corrected chi connectivity index (χ0v) is 9.73. The van der Waals surface area contributed by atoms with Crippen LogP contribution >= 0.6 is 0 Å². The van der Waals surface area contributed by atoms with Crippen molar-refractivity contribution in [2.45, 2.75) is 12.8 Å². The fourth-order valence-corrected chi connectivity index (χ4v) is 2.53. The second-order valence-electron chi connectivity index (χ2n) is 4.34. The molecule has 0 aromatic heterocycles. The summed E-state index contributed by atoms with van der Waals surface area (Å²) in [5.74, 6) is 1.03. The second kappa shape index (κ2) is 3.81. The van der Waals surface area contributed by atoms with E-state index in [-0.39, 0.29) is 0 Å². The van der Waals surface area contributed by atoms with E-state index in [0.29, 0.717) is 5.75 Å². The topological polar surface area (TPSA) is 29.5 Å². The number of ether oxygens (including phenoxy) is 1. The van der Waals surface area contributed by atoms with Crippen LogP contribution < -0.4 is 4.74 Å². The molecule has 2 aromatic rings. The predicted octanol–water partition coefficient (Wildman–Crippen LogP) is 3.17. The van der Waals surface area contributed by atoms with Crippen molar-refractivity contribution in [2.75, 3.05) is 7.11 Å². The Labute approximate surface area is 100 Å². The fraction of sp³-hybridized carbons (Fsp3) is 0.200. The lowest BCUT2D eigenvalue weighted by atomic mass is 9.85. The third-order valence-electron chi connectivity index (χ3n) is 3.36. The second-order valence-corrected chi connectivity index (χ2v) is 4.34. The number of hydrogen-bond acceptors (Lipinski definition) is 2. The Morgan fingerprint density at radius 3 is 2.65 bits per heavy atom. The van der Waals surface area contributed by atoms with Crippen molar-refractivity contribution in [2.24, 2.45) is 0 Å². The molecular weight excluding hydrogens is 212 g/mol. The quantitative estimate of drug-likeness (QED) is 0.809. The van der Waals surface area contributed by atoms with Gasteiger partial charge in [-0.25, -0.2) is 0 Å². The van der Waals surface area contributed by atoms with Crippen molar-refractivity contribution in [1.29, 1.82) is 0 Å². The van der Waals surface area contributed by atoms with Crippen molar-refractivity contribution in [1.82, 2.24) is 0 Å². The van der Waals surface area contributed by atoms with Crippen LogP contribution in [0.4, 0.5) is 0 Å². The molecule has 0 fully saturated rings. The first-order chi connectivity index (χ1) is 8.29. The smallest absolute Gasteiger partial charge is 0.127 e. The number of methoxy groups -OCH3 is 1. The Balaban J connectivity index is 2.25. The molecule has 0 amide bonds. The van der Waals surface area contributed by atoms with Crippen LogP contribution in [0.3, 0.4) is 0 Å². The van der Waals surface area contributed by atoms with Crippen molar-refractivity contribution in [3.05, 3.63) is 47.5 Å². The number of hydrogen-bond donors (Lipinski definition) is 1. The Hall–Kier alpha value is -1.96. The molecule has 0 saturated carbocycles. The van der Waals surface area contributed by atoms with Crippen LogP contribution in [0.1, 0.15) is 11.1 Å². The van der Waals surface area contributed by atoms with Crippen LogP contribution in [0.5, 0.6) is 11.5 Å². The lowest BCUT2D eigenvalue weighted by molar-refractivity contribution is 0.407. The van der Waals surface area contributed by atoms with E-state index < -0.39 is 0 Å². The summed E-state index contributed by atoms with van der Waals surface area (Å²) in [7, 11) is 1.62. The SMILES string of the molecule is COc1cc(O)c2c(c1)CCc1ccccc1-2. The van der Waals surface area contributed by atoms with Gasteiger partial charge in [0.2, 0.25) is 0 Å². The standard InChI is InChI=1S/C15H14O2/c1-17-12-8-11-7-6-10-4-2-3-5-13(10)15(11)14(16)9-12/h2-5,8-9,16H,6-7H2,1H3. The van der Waals surface area contributed by atoms with Gasteiger partial charge in [-0.1, -0.05) is 24.3 Å². The molecule has 2 nitrogen and oxygen atoms in total. The van der Waals surface area contributed by atoms with Gasteiger partial charge >= 0.3 is 0 Å². The van der Waals surface area contributed by atoms with Crippen molar-refractivity contribution < 1.29 is 9.84 Å². The maximum absolute atomic E-state index is 10.1. The minimum Gasteiger partial charge on any atom is -0.507 e. The van der Waals surface area contributed by atoms with Gasteiger partial charge in [-0.3, -0.25) is 0 Å². The number of aryl methyl sites for hydroxylation is 2. The van der Waals surface area contributed by atoms with E-state index in [1.165, 1.54) is 11.1 Å². The summed E-state index contributed by atoms with van der Waals surface area (Å²) in [5, 5.41) is 10.1. The Bertz CT molecular complexity index is 573. The molecule has 0 bridgehead atoms. The van der Waals surface area contributed by atoms with E-state index >= 15 is 0 Å². The van der Waals surface area contributed by atoms with Crippen LogP contribution in [-0.2, 0) is 12.8 Å². The first kappa shape index (κ1) is 10.2. The molecule has 1 aliphatic carbocycles. The molecule has 17 heavy (non-hydrogen) atoms. The average molecular weight is 226 g/mol. The summed E-state index contributed by atoms with van der Waals surface area (Å²) in [6.45, 7) is 0. The van der Waals surface area contributed by atoms with Crippen LogP contribution in [-0.4, -0.2) is 12.2 Å². The molecule has 3 rings (SSSR count). The highest BCUT2D eigenvalue weighted by Crippen LogP contribution is 2.41. The van der Waals surface area contributed by atoms with Gasteiger partial charge in [-0.2, -0.15) is 0 Å². The van der Waals surface area contributed by atoms with Crippen LogP contribution in [0, 0.1) is 0 Å². The van der Waals surface area contributed by atoms with Gasteiger partial charge < -0.3 is 9.84 Å². The molecule has 1 aliphatic rings. The number of phenolic OH excluding ortho intramolecular Hbond substituents is 1. The lowest BCUT2D eigenvalue weighted by Crippen LogP contribution is -2.04. The molecule has 0 unspecified atom stereocenters. The molecule has 1 N–H and O–H groups in total. The number of phenols is 1. The summed E-state index contributed by atoms with van der Waals surface area (Å²) >= 11 is 0. The molecule has 0 radical (unpaired) electrons. The van der Waals surface area contributed by atoms with Gasteiger partial charge in [0.05, 0.1) is 7.11 Å². The lowest BCUT2D eigenvalue weighted by Gasteiger charge is -2.21. The largest absolute Gasteiger partial charge is 0.507 e. The van der Waals surface area contributed by atoms with Gasteiger partial charge in [0.1, 0.15) is 11.5 Å². The van der Waals surface area contributed by atoms with Gasteiger partial charge in [-0.05, 0) is 35.6 Å². The molecule has 0 aliphatic heterocycles. The number of fused-ring (bicyclic) bond motifs is 3. The summed E-state index contributed by atoms with van der Waals surface area (Å²) in [6.07, 6.45) is 1.98. The molecule has 2 aromatic carbocycles. The van der Waals surface area contributed by atoms with Gasteiger partial charge in [0, 0.05) is 11.6 Å². The Morgan fingerprint density at radius 1 is 1.06 bits per heavy atom. The van der Waals surface area contributed by atoms with E-state index in [0.717, 1.165) is 29.7 Å². The summed E-state index contributed by atoms with van der Waals surface area (Å²) in [4.78, 5) is 0. The first-order valence-corrected chi connectivity index (χ1v) is 5.78. The summed E-state index contributed by atoms with van der Waals surface area (Å²) in [5.41, 5.74) is 4.59. The Morgan fingerprint density at radius 2 is 1.82 bits per heavy atom. The average Bonchev–Trinajstić information content (AvgIpc) is 2.37. The minimum atomic E-state index is 0.312. The van der Waals surface area contributed by atoms with E-state index in [9.17, 15) is 5.11 Å². The zero-order valence-electron chi connectivity index (χ0n) is 9.73. The maximum atomic E-state index is 10.1. The molecule has 0 heterocycles. The number of aromatic hydroxyl groups is 1. The van der Waals surface area contributed by atoms with Crippen LogP contribution in [0.2, 0.25) is 0 Å². The van der Waals surface area contributed by atoms with E-state index in [4.69, 9.17) is 4.74 Å². The molecule has 0 atom stereocenters. The monoisotopic (exact) mass is 226 g/mol. The van der Waals surface area contributed by atoms with Crippen molar-refractivity contribution in [3.8, 4) is 22.6 Å². The number of benzene rings is 2. The number of rotatable bonds is 1. The molecule has 2 heteroatoms. The summed E-state index contributed by atoms with van der Waals surface area (Å²) in [6, 6.07) is 12.0. The highest BCUT2D eigenvalue weighted by molar-refractivity contribution is 5.79. The molecular formula is C15H14O2.